The fraction of sp³-hybridized carbons (Fsp3) is 0.389. The van der Waals surface area contributed by atoms with E-state index < -0.39 is 17.7 Å². The molecule has 0 aliphatic rings. The third-order valence-corrected chi connectivity index (χ3v) is 3.74. The van der Waals surface area contributed by atoms with E-state index in [1.54, 1.807) is 31.3 Å². The van der Waals surface area contributed by atoms with E-state index >= 15 is 0 Å². The molecule has 0 saturated carbocycles. The molecule has 136 valence electrons. The van der Waals surface area contributed by atoms with Crippen LogP contribution in [0.5, 0.6) is 0 Å². The van der Waals surface area contributed by atoms with Gasteiger partial charge in [0.05, 0.1) is 12.3 Å². The maximum Gasteiger partial charge on any atom is 0.191 e. The highest BCUT2D eigenvalue weighted by Gasteiger charge is 2.22. The second-order valence-corrected chi connectivity index (χ2v) is 5.77. The summed E-state index contributed by atoms with van der Waals surface area (Å²) in [5.41, 5.74) is 0.0434. The summed E-state index contributed by atoms with van der Waals surface area (Å²) in [6, 6.07) is 7.06. The lowest BCUT2D eigenvalue weighted by atomic mass is 10.0. The van der Waals surface area contributed by atoms with Crippen molar-refractivity contribution < 1.29 is 13.2 Å². The third-order valence-electron chi connectivity index (χ3n) is 3.74. The first-order chi connectivity index (χ1) is 12.0. The van der Waals surface area contributed by atoms with Crippen molar-refractivity contribution in [1.29, 1.82) is 0 Å². The van der Waals surface area contributed by atoms with Crippen molar-refractivity contribution in [1.82, 2.24) is 15.5 Å². The average Bonchev–Trinajstić information content (AvgIpc) is 3.08. The molecule has 1 unspecified atom stereocenters. The van der Waals surface area contributed by atoms with E-state index in [1.165, 1.54) is 18.2 Å². The van der Waals surface area contributed by atoms with E-state index in [1.807, 2.05) is 13.0 Å². The van der Waals surface area contributed by atoms with Gasteiger partial charge in [-0.25, -0.2) is 13.8 Å². The van der Waals surface area contributed by atoms with Crippen molar-refractivity contribution >= 4 is 5.96 Å². The van der Waals surface area contributed by atoms with E-state index in [-0.39, 0.29) is 5.56 Å². The van der Waals surface area contributed by atoms with Gasteiger partial charge >= 0.3 is 0 Å². The maximum atomic E-state index is 14.1. The highest BCUT2D eigenvalue weighted by atomic mass is 19.1. The van der Waals surface area contributed by atoms with Crippen molar-refractivity contribution in [3.63, 3.8) is 0 Å². The van der Waals surface area contributed by atoms with Gasteiger partial charge in [-0.1, -0.05) is 6.07 Å². The predicted octanol–water partition coefficient (Wildman–Crippen LogP) is 2.92. The molecule has 0 amide bonds. The Kier molecular flexibility index (Phi) is 6.94. The number of benzene rings is 1. The normalized spacial score (nSPS) is 13.1. The van der Waals surface area contributed by atoms with E-state index in [0.29, 0.717) is 25.6 Å². The largest absolute Gasteiger partial charge is 0.467 e. The first kappa shape index (κ1) is 18.9. The number of guanidine groups is 1. The number of halogens is 2. The first-order valence-corrected chi connectivity index (χ1v) is 8.17. The third kappa shape index (κ3) is 5.29. The second-order valence-electron chi connectivity index (χ2n) is 5.77. The van der Waals surface area contributed by atoms with Gasteiger partial charge in [-0.05, 0) is 45.3 Å². The van der Waals surface area contributed by atoms with Crippen molar-refractivity contribution in [2.45, 2.75) is 19.5 Å². The summed E-state index contributed by atoms with van der Waals surface area (Å²) in [5, 5.41) is 6.25. The summed E-state index contributed by atoms with van der Waals surface area (Å²) in [5.74, 6) is 0.181. The van der Waals surface area contributed by atoms with Gasteiger partial charge in [-0.2, -0.15) is 0 Å². The van der Waals surface area contributed by atoms with Crippen LogP contribution in [0.25, 0.3) is 0 Å². The topological polar surface area (TPSA) is 52.8 Å². The monoisotopic (exact) mass is 350 g/mol. The van der Waals surface area contributed by atoms with E-state index in [9.17, 15) is 8.78 Å². The van der Waals surface area contributed by atoms with Crippen LogP contribution in [0.4, 0.5) is 8.78 Å². The molecule has 0 radical (unpaired) electrons. The molecule has 0 saturated heterocycles. The fourth-order valence-corrected chi connectivity index (χ4v) is 2.47. The minimum Gasteiger partial charge on any atom is -0.467 e. The van der Waals surface area contributed by atoms with E-state index in [0.717, 1.165) is 5.76 Å². The number of nitrogens with zero attached hydrogens (tertiary/aromatic N) is 2. The van der Waals surface area contributed by atoms with Gasteiger partial charge in [-0.15, -0.1) is 0 Å². The van der Waals surface area contributed by atoms with Crippen LogP contribution in [0.15, 0.2) is 46.0 Å². The minimum atomic E-state index is -0.557. The van der Waals surface area contributed by atoms with Crippen molar-refractivity contribution in [2.75, 3.05) is 27.2 Å². The van der Waals surface area contributed by atoms with Crippen LogP contribution in [0.3, 0.4) is 0 Å². The van der Waals surface area contributed by atoms with Crippen LogP contribution in [-0.2, 0) is 6.54 Å². The highest BCUT2D eigenvalue weighted by molar-refractivity contribution is 5.79. The maximum absolute atomic E-state index is 14.1. The molecule has 0 aliphatic heterocycles. The molecule has 0 bridgehead atoms. The van der Waals surface area contributed by atoms with Crippen LogP contribution in [-0.4, -0.2) is 38.0 Å². The zero-order chi connectivity index (χ0) is 18.2. The van der Waals surface area contributed by atoms with Crippen LogP contribution in [0, 0.1) is 11.6 Å². The molecule has 0 spiro atoms. The molecule has 7 heteroatoms. The van der Waals surface area contributed by atoms with Crippen molar-refractivity contribution in [2.24, 2.45) is 4.99 Å². The molecule has 2 rings (SSSR count). The number of furan rings is 1. The summed E-state index contributed by atoms with van der Waals surface area (Å²) >= 11 is 0. The summed E-state index contributed by atoms with van der Waals surface area (Å²) in [4.78, 5) is 6.19. The summed E-state index contributed by atoms with van der Waals surface area (Å²) in [7, 11) is 3.57. The molecule has 2 aromatic rings. The Morgan fingerprint density at radius 1 is 1.16 bits per heavy atom. The molecule has 2 N–H and O–H groups in total. The van der Waals surface area contributed by atoms with Gasteiger partial charge < -0.3 is 20.0 Å². The quantitative estimate of drug-likeness (QED) is 0.596. The summed E-state index contributed by atoms with van der Waals surface area (Å²) < 4.78 is 33.5. The standard InChI is InChI=1S/C18H24F2N4O/c1-4-21-18(22-11-13-7-6-10-25-13)23-12-16(24(2)3)17-14(19)8-5-9-15(17)20/h5-10,16H,4,11-12H2,1-3H3,(H2,21,22,23). The number of hydrogen-bond donors (Lipinski definition) is 2. The van der Waals surface area contributed by atoms with E-state index in [4.69, 9.17) is 4.42 Å². The molecule has 0 fully saturated rings. The lowest BCUT2D eigenvalue weighted by molar-refractivity contribution is 0.282. The first-order valence-electron chi connectivity index (χ1n) is 8.17. The number of likely N-dealkylation sites (N-methyl/N-ethyl adjacent to an activating group) is 1. The Balaban J connectivity index is 2.11. The number of aliphatic imine (C=N–C) groups is 1. The minimum absolute atomic E-state index is 0.0434. The van der Waals surface area contributed by atoms with Crippen LogP contribution in [0.2, 0.25) is 0 Å². The van der Waals surface area contributed by atoms with Crippen LogP contribution >= 0.6 is 0 Å². The highest BCUT2D eigenvalue weighted by Crippen LogP contribution is 2.23. The van der Waals surface area contributed by atoms with Crippen molar-refractivity contribution in [3.8, 4) is 0 Å². The van der Waals surface area contributed by atoms with Gasteiger partial charge in [0.15, 0.2) is 5.96 Å². The second kappa shape index (κ2) is 9.17. The smallest absolute Gasteiger partial charge is 0.191 e. The molecular weight excluding hydrogens is 326 g/mol. The summed E-state index contributed by atoms with van der Waals surface area (Å²) in [6.45, 7) is 3.30. The van der Waals surface area contributed by atoms with E-state index in [2.05, 4.69) is 15.6 Å². The molecule has 1 aromatic heterocycles. The Labute approximate surface area is 146 Å². The lowest BCUT2D eigenvalue weighted by Gasteiger charge is -2.26. The SMILES string of the molecule is CCNC(=NCc1ccco1)NCC(c1c(F)cccc1F)N(C)C. The Bertz CT molecular complexity index is 666. The zero-order valence-electron chi connectivity index (χ0n) is 14.7. The Morgan fingerprint density at radius 3 is 2.44 bits per heavy atom. The molecule has 5 nitrogen and oxygen atoms in total. The number of hydrogen-bond acceptors (Lipinski definition) is 3. The van der Waals surface area contributed by atoms with Gasteiger partial charge in [0.1, 0.15) is 23.9 Å². The van der Waals surface area contributed by atoms with Gasteiger partial charge in [0.2, 0.25) is 0 Å². The van der Waals surface area contributed by atoms with Gasteiger partial charge in [-0.3, -0.25) is 0 Å². The molecule has 25 heavy (non-hydrogen) atoms. The molecule has 1 heterocycles. The molecule has 1 atom stereocenters. The Hall–Kier alpha value is -2.41. The predicted molar refractivity (Wildman–Crippen MR) is 94.3 cm³/mol. The number of rotatable bonds is 7. The fourth-order valence-electron chi connectivity index (χ4n) is 2.47. The van der Waals surface area contributed by atoms with Gasteiger partial charge in [0, 0.05) is 18.7 Å². The number of nitrogens with one attached hydrogen (secondary N) is 2. The average molecular weight is 350 g/mol. The Morgan fingerprint density at radius 2 is 1.88 bits per heavy atom. The van der Waals surface area contributed by atoms with Gasteiger partial charge in [0.25, 0.3) is 0 Å². The molecule has 1 aromatic carbocycles. The zero-order valence-corrected chi connectivity index (χ0v) is 14.7. The van der Waals surface area contributed by atoms with Crippen LogP contribution in [0.1, 0.15) is 24.3 Å². The van der Waals surface area contributed by atoms with Crippen LogP contribution < -0.4 is 10.6 Å². The molecule has 0 aliphatic carbocycles. The molecular formula is C18H24F2N4O. The summed E-state index contributed by atoms with van der Waals surface area (Å²) in [6.07, 6.45) is 1.59. The van der Waals surface area contributed by atoms with Crippen molar-refractivity contribution in [3.05, 3.63) is 59.6 Å². The lowest BCUT2D eigenvalue weighted by Crippen LogP contribution is -2.42.